The molecule has 3 heterocycles. The molecule has 2 aromatic heterocycles. The highest BCUT2D eigenvalue weighted by atomic mass is 19.1. The van der Waals surface area contributed by atoms with E-state index in [1.54, 1.807) is 0 Å². The average molecular weight is 685 g/mol. The van der Waals surface area contributed by atoms with Gasteiger partial charge in [-0.25, -0.2) is 18.7 Å². The van der Waals surface area contributed by atoms with Gasteiger partial charge in [-0.1, -0.05) is 36.4 Å². The average Bonchev–Trinajstić information content (AvgIpc) is 3.12. The highest BCUT2D eigenvalue weighted by Crippen LogP contribution is 2.34. The molecule has 10 nitrogen and oxygen atoms in total. The van der Waals surface area contributed by atoms with Crippen molar-refractivity contribution in [3.8, 4) is 16.8 Å². The standard InChI is InChI=1S/C39H50FN7O3/c1-5-47(6-2,26-36(41)48)34-16-14-32(15-17-34)46-38(49)35-23-31(40)24-42-37(35)45(39(46)50)33-9-7-8-30(22-33)29-12-10-28(11-13-29)25-43-18-20-44(21-19-43)27(3)4/h7-13,22-24,27,32,34H,5-6,14-21,25-26H2,1-4H3,(H-,41,48)/p+1. The molecule has 0 unspecified atom stereocenters. The second-order valence-corrected chi connectivity index (χ2v) is 14.4. The van der Waals surface area contributed by atoms with E-state index in [1.807, 2.05) is 24.3 Å². The van der Waals surface area contributed by atoms with E-state index in [0.29, 0.717) is 29.1 Å². The van der Waals surface area contributed by atoms with E-state index in [1.165, 1.54) is 20.8 Å². The normalized spacial score (nSPS) is 19.3. The molecule has 4 aromatic rings. The fraction of sp³-hybridized carbons (Fsp3) is 0.487. The van der Waals surface area contributed by atoms with Gasteiger partial charge in [-0.3, -0.25) is 24.0 Å². The zero-order chi connectivity index (χ0) is 35.6. The van der Waals surface area contributed by atoms with Gasteiger partial charge in [0.2, 0.25) is 0 Å². The van der Waals surface area contributed by atoms with Crippen LogP contribution in [-0.4, -0.2) is 92.2 Å². The minimum absolute atomic E-state index is 0.0664. The van der Waals surface area contributed by atoms with Crippen LogP contribution in [0.4, 0.5) is 4.39 Å². The molecular weight excluding hydrogens is 633 g/mol. The first-order chi connectivity index (χ1) is 24.0. The molecule has 2 aliphatic rings. The Morgan fingerprint density at radius 3 is 2.24 bits per heavy atom. The molecule has 1 saturated heterocycles. The number of nitrogens with zero attached hydrogens (tertiary/aromatic N) is 6. The molecule has 1 aliphatic carbocycles. The predicted octanol–water partition coefficient (Wildman–Crippen LogP) is 4.71. The van der Waals surface area contributed by atoms with Crippen molar-refractivity contribution in [2.24, 2.45) is 5.73 Å². The van der Waals surface area contributed by atoms with Gasteiger partial charge in [0.15, 0.2) is 12.2 Å². The van der Waals surface area contributed by atoms with Crippen LogP contribution in [0.2, 0.25) is 0 Å². The smallest absolute Gasteiger partial charge is 0.337 e. The first kappa shape index (κ1) is 35.6. The number of hydrogen-bond acceptors (Lipinski definition) is 6. The molecule has 50 heavy (non-hydrogen) atoms. The lowest BCUT2D eigenvalue weighted by molar-refractivity contribution is -0.942. The monoisotopic (exact) mass is 684 g/mol. The summed E-state index contributed by atoms with van der Waals surface area (Å²) in [6.45, 7) is 15.6. The maximum atomic E-state index is 14.6. The summed E-state index contributed by atoms with van der Waals surface area (Å²) in [5.41, 5.74) is 8.49. The quantitative estimate of drug-likeness (QED) is 0.230. The van der Waals surface area contributed by atoms with Crippen LogP contribution < -0.4 is 17.0 Å². The third kappa shape index (κ3) is 7.17. The molecular formula is C39H51FN7O3+. The van der Waals surface area contributed by atoms with Crippen LogP contribution in [0, 0.1) is 5.82 Å². The molecule has 2 fully saturated rings. The maximum Gasteiger partial charge on any atom is 0.337 e. The molecule has 1 amide bonds. The number of hydrogen-bond donors (Lipinski definition) is 1. The van der Waals surface area contributed by atoms with Crippen molar-refractivity contribution < 1.29 is 13.7 Å². The number of amides is 1. The summed E-state index contributed by atoms with van der Waals surface area (Å²) in [4.78, 5) is 49.5. The molecule has 6 rings (SSSR count). The first-order valence-corrected chi connectivity index (χ1v) is 18.2. The number of likely N-dealkylation sites (N-methyl/N-ethyl adjacent to an activating group) is 1. The van der Waals surface area contributed by atoms with Crippen molar-refractivity contribution in [3.63, 3.8) is 0 Å². The summed E-state index contributed by atoms with van der Waals surface area (Å²) < 4.78 is 17.9. The fourth-order valence-electron chi connectivity index (χ4n) is 8.33. The summed E-state index contributed by atoms with van der Waals surface area (Å²) in [6, 6.07) is 17.8. The van der Waals surface area contributed by atoms with Crippen molar-refractivity contribution in [2.75, 3.05) is 45.8 Å². The largest absolute Gasteiger partial charge is 0.365 e. The fourth-order valence-corrected chi connectivity index (χ4v) is 8.33. The number of primary amides is 1. The van der Waals surface area contributed by atoms with E-state index in [2.05, 4.69) is 66.7 Å². The Hall–Kier alpha value is -4.19. The van der Waals surface area contributed by atoms with Crippen LogP contribution >= 0.6 is 0 Å². The Balaban J connectivity index is 1.29. The minimum atomic E-state index is -0.634. The van der Waals surface area contributed by atoms with Crippen molar-refractivity contribution in [2.45, 2.75) is 78.0 Å². The van der Waals surface area contributed by atoms with Gasteiger partial charge in [-0.15, -0.1) is 0 Å². The second-order valence-electron chi connectivity index (χ2n) is 14.4. The molecule has 1 saturated carbocycles. The molecule has 11 heteroatoms. The lowest BCUT2D eigenvalue weighted by atomic mass is 9.88. The van der Waals surface area contributed by atoms with Gasteiger partial charge in [0.05, 0.1) is 36.4 Å². The summed E-state index contributed by atoms with van der Waals surface area (Å²) in [5.74, 6) is -0.960. The number of aromatic nitrogens is 3. The van der Waals surface area contributed by atoms with Gasteiger partial charge in [0.1, 0.15) is 5.82 Å². The highest BCUT2D eigenvalue weighted by Gasteiger charge is 2.39. The molecule has 0 atom stereocenters. The zero-order valence-corrected chi connectivity index (χ0v) is 29.9. The molecule has 1 aliphatic heterocycles. The molecule has 2 aromatic carbocycles. The second kappa shape index (κ2) is 15.0. The van der Waals surface area contributed by atoms with Crippen molar-refractivity contribution >= 4 is 16.9 Å². The third-order valence-corrected chi connectivity index (χ3v) is 11.4. The zero-order valence-electron chi connectivity index (χ0n) is 29.9. The van der Waals surface area contributed by atoms with Crippen molar-refractivity contribution in [3.05, 3.63) is 93.0 Å². The number of nitrogens with two attached hydrogens (primary N) is 1. The van der Waals surface area contributed by atoms with Gasteiger partial charge in [0.25, 0.3) is 11.5 Å². The molecule has 2 N–H and O–H groups in total. The Labute approximate surface area is 293 Å². The number of fused-ring (bicyclic) bond motifs is 1. The van der Waals surface area contributed by atoms with Gasteiger partial charge >= 0.3 is 5.69 Å². The van der Waals surface area contributed by atoms with Crippen LogP contribution in [0.1, 0.15) is 65.0 Å². The maximum absolute atomic E-state index is 14.6. The molecule has 0 bridgehead atoms. The first-order valence-electron chi connectivity index (χ1n) is 18.2. The number of piperazine rings is 1. The summed E-state index contributed by atoms with van der Waals surface area (Å²) in [7, 11) is 0. The number of benzene rings is 2. The Bertz CT molecular complexity index is 1930. The van der Waals surface area contributed by atoms with Crippen molar-refractivity contribution in [1.29, 1.82) is 0 Å². The van der Waals surface area contributed by atoms with Crippen LogP contribution in [0.25, 0.3) is 27.8 Å². The minimum Gasteiger partial charge on any atom is -0.365 e. The Morgan fingerprint density at radius 2 is 1.62 bits per heavy atom. The van der Waals surface area contributed by atoms with Gasteiger partial charge in [-0.2, -0.15) is 0 Å². The van der Waals surface area contributed by atoms with Gasteiger partial charge in [0, 0.05) is 57.6 Å². The number of halogens is 1. The number of carbonyl (C=O) groups is 1. The Morgan fingerprint density at radius 1 is 0.940 bits per heavy atom. The number of rotatable bonds is 11. The van der Waals surface area contributed by atoms with Crippen LogP contribution in [0.5, 0.6) is 0 Å². The summed E-state index contributed by atoms with van der Waals surface area (Å²) >= 11 is 0. The number of carbonyl (C=O) groups excluding carboxylic acids is 1. The van der Waals surface area contributed by atoms with Crippen LogP contribution in [0.15, 0.2) is 70.4 Å². The molecule has 266 valence electrons. The van der Waals surface area contributed by atoms with E-state index in [4.69, 9.17) is 5.73 Å². The number of pyridine rings is 1. The number of quaternary nitrogens is 1. The van der Waals surface area contributed by atoms with E-state index < -0.39 is 17.1 Å². The topological polar surface area (TPSA) is 106 Å². The molecule has 0 spiro atoms. The van der Waals surface area contributed by atoms with Gasteiger partial charge in [-0.05, 0) is 75.4 Å². The van der Waals surface area contributed by atoms with E-state index in [9.17, 15) is 18.8 Å². The van der Waals surface area contributed by atoms with Crippen LogP contribution in [0.3, 0.4) is 0 Å². The summed E-state index contributed by atoms with van der Waals surface area (Å²) in [5, 5.41) is 0.0664. The highest BCUT2D eigenvalue weighted by molar-refractivity contribution is 5.76. The SMILES string of the molecule is CC[N+](CC)(CC(N)=O)C1CCC(n2c(=O)c3cc(F)cnc3n(-c3cccc(-c4ccc(CN5CCN(C(C)C)CC5)cc4)c3)c2=O)CC1. The van der Waals surface area contributed by atoms with Crippen molar-refractivity contribution in [1.82, 2.24) is 23.9 Å². The lowest BCUT2D eigenvalue weighted by Crippen LogP contribution is -2.59. The van der Waals surface area contributed by atoms with E-state index >= 15 is 0 Å². The summed E-state index contributed by atoms with van der Waals surface area (Å²) in [6.07, 6.45) is 3.71. The van der Waals surface area contributed by atoms with E-state index in [0.717, 1.165) is 76.0 Å². The third-order valence-electron chi connectivity index (χ3n) is 11.4. The lowest BCUT2D eigenvalue weighted by Gasteiger charge is -2.45. The van der Waals surface area contributed by atoms with Gasteiger partial charge < -0.3 is 10.2 Å². The predicted molar refractivity (Wildman–Crippen MR) is 196 cm³/mol. The Kier molecular flexibility index (Phi) is 10.7. The van der Waals surface area contributed by atoms with Crippen LogP contribution in [-0.2, 0) is 11.3 Å². The molecule has 0 radical (unpaired) electrons. The van der Waals surface area contributed by atoms with E-state index in [-0.39, 0.29) is 35.6 Å².